The molecule has 1 aliphatic heterocycles. The third-order valence-corrected chi connectivity index (χ3v) is 8.20. The fraction of sp³-hybridized carbons (Fsp3) is 0.304. The van der Waals surface area contributed by atoms with Crippen molar-refractivity contribution in [3.05, 3.63) is 64.0 Å². The third kappa shape index (κ3) is 4.42. The van der Waals surface area contributed by atoms with Gasteiger partial charge in [0, 0.05) is 29.6 Å². The summed E-state index contributed by atoms with van der Waals surface area (Å²) >= 11 is 1.35. The van der Waals surface area contributed by atoms with E-state index in [1.165, 1.54) is 21.7 Å². The molecule has 1 amide bonds. The third-order valence-electron chi connectivity index (χ3n) is 5.55. The monoisotopic (exact) mass is 455 g/mol. The van der Waals surface area contributed by atoms with Crippen LogP contribution >= 0.6 is 11.3 Å². The van der Waals surface area contributed by atoms with Crippen LogP contribution in [0, 0.1) is 20.8 Å². The van der Waals surface area contributed by atoms with Crippen molar-refractivity contribution in [1.29, 1.82) is 0 Å². The van der Waals surface area contributed by atoms with Crippen molar-refractivity contribution in [2.75, 3.05) is 18.4 Å². The average Bonchev–Trinajstić information content (AvgIpc) is 3.42. The Kier molecular flexibility index (Phi) is 5.96. The number of hydrogen-bond donors (Lipinski definition) is 1. The zero-order valence-electron chi connectivity index (χ0n) is 17.8. The highest BCUT2D eigenvalue weighted by molar-refractivity contribution is 7.89. The summed E-state index contributed by atoms with van der Waals surface area (Å²) in [6, 6.07) is 10.9. The number of nitrogens with one attached hydrogen (secondary N) is 1. The molecule has 31 heavy (non-hydrogen) atoms. The van der Waals surface area contributed by atoms with Crippen LogP contribution < -0.4 is 5.32 Å². The van der Waals surface area contributed by atoms with Gasteiger partial charge in [0.15, 0.2) is 5.13 Å². The Labute approximate surface area is 187 Å². The molecule has 6 nitrogen and oxygen atoms in total. The molecule has 0 bridgehead atoms. The van der Waals surface area contributed by atoms with E-state index < -0.39 is 10.0 Å². The molecule has 1 aromatic heterocycles. The quantitative estimate of drug-likeness (QED) is 0.601. The number of benzene rings is 2. The highest BCUT2D eigenvalue weighted by Crippen LogP contribution is 2.29. The summed E-state index contributed by atoms with van der Waals surface area (Å²) in [4.78, 5) is 17.7. The highest BCUT2D eigenvalue weighted by Gasteiger charge is 2.28. The Bertz CT molecular complexity index is 1240. The van der Waals surface area contributed by atoms with Crippen LogP contribution in [0.15, 0.2) is 46.7 Å². The molecule has 4 rings (SSSR count). The second kappa shape index (κ2) is 8.53. The minimum Gasteiger partial charge on any atom is -0.298 e. The maximum Gasteiger partial charge on any atom is 0.257 e. The van der Waals surface area contributed by atoms with E-state index in [1.54, 1.807) is 19.1 Å². The van der Waals surface area contributed by atoms with E-state index in [9.17, 15) is 13.2 Å². The number of nitrogens with zero attached hydrogens (tertiary/aromatic N) is 2. The molecule has 2 heterocycles. The van der Waals surface area contributed by atoms with Gasteiger partial charge in [0.1, 0.15) is 0 Å². The van der Waals surface area contributed by atoms with E-state index in [2.05, 4.69) is 28.5 Å². The van der Waals surface area contributed by atoms with E-state index in [-0.39, 0.29) is 10.8 Å². The van der Waals surface area contributed by atoms with E-state index >= 15 is 0 Å². The van der Waals surface area contributed by atoms with E-state index in [1.807, 2.05) is 19.2 Å². The zero-order chi connectivity index (χ0) is 22.2. The molecule has 1 N–H and O–H groups in total. The number of sulfonamides is 1. The molecule has 0 radical (unpaired) electrons. The Morgan fingerprint density at radius 3 is 2.48 bits per heavy atom. The number of hydrogen-bond acceptors (Lipinski definition) is 5. The lowest BCUT2D eigenvalue weighted by Crippen LogP contribution is -2.28. The predicted octanol–water partition coefficient (Wildman–Crippen LogP) is 4.77. The topological polar surface area (TPSA) is 79.4 Å². The van der Waals surface area contributed by atoms with Gasteiger partial charge in [0.05, 0.1) is 10.6 Å². The van der Waals surface area contributed by atoms with Crippen molar-refractivity contribution < 1.29 is 13.2 Å². The van der Waals surface area contributed by atoms with Crippen LogP contribution in [0.2, 0.25) is 0 Å². The average molecular weight is 456 g/mol. The minimum absolute atomic E-state index is 0.153. The second-order valence-electron chi connectivity index (χ2n) is 7.90. The van der Waals surface area contributed by atoms with Crippen LogP contribution in [-0.2, 0) is 10.0 Å². The van der Waals surface area contributed by atoms with Crippen LogP contribution in [0.5, 0.6) is 0 Å². The fourth-order valence-corrected chi connectivity index (χ4v) is 5.96. The molecule has 3 aromatic rings. The molecule has 8 heteroatoms. The standard InChI is InChI=1S/C23H25N3O3S2/c1-15-6-7-16(2)19(12-15)21-14-30-23(24-21)25-22(27)20-13-18(9-8-17(20)3)31(28,29)26-10-4-5-11-26/h6-9,12-14H,4-5,10-11H2,1-3H3,(H,24,25,27). The van der Waals surface area contributed by atoms with Crippen molar-refractivity contribution in [1.82, 2.24) is 9.29 Å². The lowest BCUT2D eigenvalue weighted by Gasteiger charge is -2.16. The molecule has 0 unspecified atom stereocenters. The van der Waals surface area contributed by atoms with E-state index in [0.717, 1.165) is 35.2 Å². The summed E-state index contributed by atoms with van der Waals surface area (Å²) in [5.74, 6) is -0.363. The van der Waals surface area contributed by atoms with Gasteiger partial charge in [-0.2, -0.15) is 4.31 Å². The fourth-order valence-electron chi connectivity index (χ4n) is 3.71. The summed E-state index contributed by atoms with van der Waals surface area (Å²) in [6.45, 7) is 6.91. The van der Waals surface area contributed by atoms with Crippen LogP contribution in [0.4, 0.5) is 5.13 Å². The van der Waals surface area contributed by atoms with Crippen LogP contribution in [0.25, 0.3) is 11.3 Å². The molecule has 0 saturated carbocycles. The van der Waals surface area contributed by atoms with E-state index in [0.29, 0.717) is 29.3 Å². The summed E-state index contributed by atoms with van der Waals surface area (Å²) in [5.41, 5.74) is 5.15. The van der Waals surface area contributed by atoms with Crippen molar-refractivity contribution in [2.24, 2.45) is 0 Å². The molecule has 1 aliphatic rings. The van der Waals surface area contributed by atoms with Gasteiger partial charge in [-0.15, -0.1) is 11.3 Å². The van der Waals surface area contributed by atoms with Gasteiger partial charge >= 0.3 is 0 Å². The van der Waals surface area contributed by atoms with Crippen LogP contribution in [0.1, 0.15) is 39.9 Å². The van der Waals surface area contributed by atoms with Crippen LogP contribution in [-0.4, -0.2) is 36.7 Å². The smallest absolute Gasteiger partial charge is 0.257 e. The van der Waals surface area contributed by atoms with Crippen molar-refractivity contribution in [2.45, 2.75) is 38.5 Å². The molecular formula is C23H25N3O3S2. The first-order valence-corrected chi connectivity index (χ1v) is 12.5. The number of amides is 1. The number of aromatic nitrogens is 1. The zero-order valence-corrected chi connectivity index (χ0v) is 19.4. The van der Waals surface area contributed by atoms with Gasteiger partial charge in [0.2, 0.25) is 10.0 Å². The van der Waals surface area contributed by atoms with Gasteiger partial charge in [-0.05, 0) is 62.9 Å². The first-order valence-electron chi connectivity index (χ1n) is 10.2. The van der Waals surface area contributed by atoms with Crippen molar-refractivity contribution >= 4 is 32.4 Å². The molecular weight excluding hydrogens is 430 g/mol. The summed E-state index contributed by atoms with van der Waals surface area (Å²) in [7, 11) is -3.58. The molecule has 162 valence electrons. The number of aryl methyl sites for hydroxylation is 3. The minimum atomic E-state index is -3.58. The number of rotatable bonds is 5. The van der Waals surface area contributed by atoms with Crippen molar-refractivity contribution in [3.8, 4) is 11.3 Å². The maximum absolute atomic E-state index is 12.9. The summed E-state index contributed by atoms with van der Waals surface area (Å²) in [6.07, 6.45) is 1.73. The first-order chi connectivity index (χ1) is 14.8. The number of thiazole rings is 1. The van der Waals surface area contributed by atoms with Crippen LogP contribution in [0.3, 0.4) is 0 Å². The summed E-state index contributed by atoms with van der Waals surface area (Å²) < 4.78 is 27.2. The SMILES string of the molecule is Cc1ccc(C)c(-c2csc(NC(=O)c3cc(S(=O)(=O)N4CCCC4)ccc3C)n2)c1. The second-order valence-corrected chi connectivity index (χ2v) is 10.7. The summed E-state index contributed by atoms with van der Waals surface area (Å²) in [5, 5.41) is 5.23. The van der Waals surface area contributed by atoms with Gasteiger partial charge in [-0.1, -0.05) is 23.8 Å². The molecule has 2 aromatic carbocycles. The maximum atomic E-state index is 12.9. The molecule has 1 fully saturated rings. The van der Waals surface area contributed by atoms with Gasteiger partial charge < -0.3 is 0 Å². The lowest BCUT2D eigenvalue weighted by molar-refractivity contribution is 0.102. The predicted molar refractivity (Wildman–Crippen MR) is 124 cm³/mol. The highest BCUT2D eigenvalue weighted by atomic mass is 32.2. The molecule has 0 aliphatic carbocycles. The molecule has 0 spiro atoms. The number of carbonyl (C=O) groups excluding carboxylic acids is 1. The first kappa shape index (κ1) is 21.7. The number of carbonyl (C=O) groups is 1. The van der Waals surface area contributed by atoms with Gasteiger partial charge in [-0.3, -0.25) is 10.1 Å². The number of anilines is 1. The van der Waals surface area contributed by atoms with Gasteiger partial charge in [-0.25, -0.2) is 13.4 Å². The molecule has 0 atom stereocenters. The lowest BCUT2D eigenvalue weighted by atomic mass is 10.0. The van der Waals surface area contributed by atoms with Gasteiger partial charge in [0.25, 0.3) is 5.91 Å². The van der Waals surface area contributed by atoms with E-state index in [4.69, 9.17) is 0 Å². The Morgan fingerprint density at radius 1 is 1.03 bits per heavy atom. The Hall–Kier alpha value is -2.55. The Balaban J connectivity index is 1.58. The largest absolute Gasteiger partial charge is 0.298 e. The normalized spacial score (nSPS) is 14.7. The Morgan fingerprint density at radius 2 is 1.74 bits per heavy atom. The van der Waals surface area contributed by atoms with Crippen molar-refractivity contribution in [3.63, 3.8) is 0 Å². The molecule has 1 saturated heterocycles.